The minimum Gasteiger partial charge on any atom is -0.377 e. The van der Waals surface area contributed by atoms with E-state index in [9.17, 15) is 9.90 Å². The van der Waals surface area contributed by atoms with Crippen molar-refractivity contribution in [2.24, 2.45) is 0 Å². The first kappa shape index (κ1) is 17.3. The van der Waals surface area contributed by atoms with Gasteiger partial charge in [0, 0.05) is 17.7 Å². The average Bonchev–Trinajstić information content (AvgIpc) is 2.80. The minimum atomic E-state index is -1.48. The molecule has 1 amide bonds. The lowest BCUT2D eigenvalue weighted by Crippen LogP contribution is -2.48. The Balaban J connectivity index is 1.76. The molecular weight excluding hydrogens is 314 g/mol. The molecule has 1 aromatic carbocycles. The molecule has 1 unspecified atom stereocenters. The predicted octanol–water partition coefficient (Wildman–Crippen LogP) is 0.367. The number of amides is 1. The van der Waals surface area contributed by atoms with E-state index >= 15 is 0 Å². The molecule has 132 valence electrons. The van der Waals surface area contributed by atoms with E-state index in [4.69, 9.17) is 18.9 Å². The van der Waals surface area contributed by atoms with Crippen LogP contribution in [0.2, 0.25) is 0 Å². The summed E-state index contributed by atoms with van der Waals surface area (Å²) in [6.07, 6.45) is 0. The number of rotatable bonds is 0. The first-order valence-corrected chi connectivity index (χ1v) is 8.18. The lowest BCUT2D eigenvalue weighted by atomic mass is 10.0. The van der Waals surface area contributed by atoms with Crippen molar-refractivity contribution in [2.45, 2.75) is 5.72 Å². The SMILES string of the molecule is O=C1c2ccccc2C2(O)COCCOCCOCCOCCN12. The van der Waals surface area contributed by atoms with E-state index in [2.05, 4.69) is 0 Å². The van der Waals surface area contributed by atoms with Crippen LogP contribution in [0.5, 0.6) is 0 Å². The van der Waals surface area contributed by atoms with Crippen LogP contribution in [0.25, 0.3) is 0 Å². The maximum Gasteiger partial charge on any atom is 0.256 e. The van der Waals surface area contributed by atoms with E-state index in [0.29, 0.717) is 57.4 Å². The highest BCUT2D eigenvalue weighted by Gasteiger charge is 2.48. The molecule has 3 rings (SSSR count). The summed E-state index contributed by atoms with van der Waals surface area (Å²) in [4.78, 5) is 14.1. The van der Waals surface area contributed by atoms with E-state index in [1.54, 1.807) is 24.3 Å². The van der Waals surface area contributed by atoms with E-state index in [-0.39, 0.29) is 19.1 Å². The molecule has 0 aliphatic carbocycles. The molecule has 1 aromatic rings. The number of aliphatic hydroxyl groups is 1. The standard InChI is InChI=1S/C17H23NO6/c19-16-14-3-1-2-4-15(14)17(20)13-24-12-11-23-10-9-22-8-7-21-6-5-18(16)17/h1-4,20H,5-13H2. The van der Waals surface area contributed by atoms with Gasteiger partial charge < -0.3 is 29.0 Å². The van der Waals surface area contributed by atoms with Crippen LogP contribution in [-0.4, -0.2) is 75.3 Å². The topological polar surface area (TPSA) is 77.5 Å². The molecule has 2 heterocycles. The lowest BCUT2D eigenvalue weighted by Gasteiger charge is -2.34. The number of carbonyl (C=O) groups excluding carboxylic acids is 1. The molecule has 1 atom stereocenters. The molecule has 7 nitrogen and oxygen atoms in total. The van der Waals surface area contributed by atoms with E-state index in [1.165, 1.54) is 4.90 Å². The zero-order valence-electron chi connectivity index (χ0n) is 13.6. The summed E-state index contributed by atoms with van der Waals surface area (Å²) in [5, 5.41) is 11.2. The largest absolute Gasteiger partial charge is 0.377 e. The van der Waals surface area contributed by atoms with Crippen LogP contribution >= 0.6 is 0 Å². The molecule has 2 aliphatic rings. The van der Waals surface area contributed by atoms with Crippen molar-refractivity contribution in [3.63, 3.8) is 0 Å². The van der Waals surface area contributed by atoms with Crippen molar-refractivity contribution in [3.05, 3.63) is 35.4 Å². The molecule has 0 bridgehead atoms. The van der Waals surface area contributed by atoms with Gasteiger partial charge in [0.15, 0.2) is 5.72 Å². The number of benzene rings is 1. The number of ether oxygens (including phenoxy) is 4. The number of carbonyl (C=O) groups is 1. The first-order chi connectivity index (χ1) is 11.7. The average molecular weight is 337 g/mol. The smallest absolute Gasteiger partial charge is 0.256 e. The Morgan fingerprint density at radius 1 is 0.875 bits per heavy atom. The number of hydrogen-bond donors (Lipinski definition) is 1. The Morgan fingerprint density at radius 2 is 1.46 bits per heavy atom. The van der Waals surface area contributed by atoms with Gasteiger partial charge in [-0.05, 0) is 6.07 Å². The van der Waals surface area contributed by atoms with E-state index < -0.39 is 5.72 Å². The quantitative estimate of drug-likeness (QED) is 0.737. The van der Waals surface area contributed by atoms with Gasteiger partial charge in [-0.2, -0.15) is 0 Å². The zero-order chi connectivity index (χ0) is 16.8. The summed E-state index contributed by atoms with van der Waals surface area (Å²) in [6.45, 7) is 3.24. The molecular formula is C17H23NO6. The zero-order valence-corrected chi connectivity index (χ0v) is 13.6. The lowest BCUT2D eigenvalue weighted by molar-refractivity contribution is -0.141. The Bertz CT molecular complexity index is 566. The van der Waals surface area contributed by atoms with E-state index in [0.717, 1.165) is 0 Å². The molecule has 0 saturated carbocycles. The predicted molar refractivity (Wildman–Crippen MR) is 84.7 cm³/mol. The highest BCUT2D eigenvalue weighted by molar-refractivity contribution is 5.99. The van der Waals surface area contributed by atoms with Crippen molar-refractivity contribution in [2.75, 3.05) is 59.4 Å². The van der Waals surface area contributed by atoms with Crippen LogP contribution in [0.15, 0.2) is 24.3 Å². The third-order valence-corrected chi connectivity index (χ3v) is 4.16. The summed E-state index contributed by atoms with van der Waals surface area (Å²) in [5.74, 6) is -0.211. The number of nitrogens with zero attached hydrogens (tertiary/aromatic N) is 1. The minimum absolute atomic E-state index is 0.00435. The second-order valence-electron chi connectivity index (χ2n) is 5.71. The normalized spacial score (nSPS) is 27.0. The van der Waals surface area contributed by atoms with Crippen LogP contribution in [0.1, 0.15) is 15.9 Å². The number of fused-ring (bicyclic) bond motifs is 3. The van der Waals surface area contributed by atoms with Gasteiger partial charge in [0.25, 0.3) is 5.91 Å². The molecule has 0 radical (unpaired) electrons. The fourth-order valence-electron chi connectivity index (χ4n) is 2.95. The summed E-state index contributed by atoms with van der Waals surface area (Å²) in [7, 11) is 0. The molecule has 1 fully saturated rings. The van der Waals surface area contributed by atoms with Gasteiger partial charge >= 0.3 is 0 Å². The van der Waals surface area contributed by atoms with Crippen molar-refractivity contribution < 1.29 is 28.8 Å². The Labute approximate surface area is 141 Å². The van der Waals surface area contributed by atoms with Crippen molar-refractivity contribution in [3.8, 4) is 0 Å². The molecule has 2 aliphatic heterocycles. The van der Waals surface area contributed by atoms with Crippen LogP contribution < -0.4 is 0 Å². The van der Waals surface area contributed by atoms with Crippen LogP contribution in [-0.2, 0) is 24.7 Å². The third kappa shape index (κ3) is 3.60. The number of hydrogen-bond acceptors (Lipinski definition) is 6. The first-order valence-electron chi connectivity index (χ1n) is 8.18. The second kappa shape index (κ2) is 8.04. The fourth-order valence-corrected chi connectivity index (χ4v) is 2.95. The molecule has 7 heteroatoms. The van der Waals surface area contributed by atoms with Gasteiger partial charge in [-0.3, -0.25) is 4.79 Å². The van der Waals surface area contributed by atoms with E-state index in [1.807, 2.05) is 0 Å². The fraction of sp³-hybridized carbons (Fsp3) is 0.588. The maximum atomic E-state index is 12.6. The van der Waals surface area contributed by atoms with Gasteiger partial charge in [0.1, 0.15) is 0 Å². The molecule has 24 heavy (non-hydrogen) atoms. The van der Waals surface area contributed by atoms with Crippen molar-refractivity contribution in [1.82, 2.24) is 4.90 Å². The maximum absolute atomic E-state index is 12.6. The molecule has 1 N–H and O–H groups in total. The van der Waals surface area contributed by atoms with Gasteiger partial charge in [0.05, 0.1) is 52.9 Å². The summed E-state index contributed by atoms with van der Waals surface area (Å²) in [6, 6.07) is 7.07. The summed E-state index contributed by atoms with van der Waals surface area (Å²) >= 11 is 0. The van der Waals surface area contributed by atoms with Crippen molar-refractivity contribution in [1.29, 1.82) is 0 Å². The van der Waals surface area contributed by atoms with Gasteiger partial charge in [-0.1, -0.05) is 18.2 Å². The Morgan fingerprint density at radius 3 is 2.17 bits per heavy atom. The summed E-state index contributed by atoms with van der Waals surface area (Å²) in [5.41, 5.74) is -0.402. The highest BCUT2D eigenvalue weighted by atomic mass is 16.6. The Hall–Kier alpha value is -1.51. The molecule has 1 saturated heterocycles. The highest BCUT2D eigenvalue weighted by Crippen LogP contribution is 2.37. The molecule has 0 spiro atoms. The van der Waals surface area contributed by atoms with Gasteiger partial charge in [0.2, 0.25) is 0 Å². The summed E-state index contributed by atoms with van der Waals surface area (Å²) < 4.78 is 21.8. The van der Waals surface area contributed by atoms with Gasteiger partial charge in [-0.15, -0.1) is 0 Å². The Kier molecular flexibility index (Phi) is 5.80. The van der Waals surface area contributed by atoms with Crippen LogP contribution in [0, 0.1) is 0 Å². The van der Waals surface area contributed by atoms with Gasteiger partial charge in [-0.25, -0.2) is 0 Å². The van der Waals surface area contributed by atoms with Crippen molar-refractivity contribution >= 4 is 5.91 Å². The monoisotopic (exact) mass is 337 g/mol. The second-order valence-corrected chi connectivity index (χ2v) is 5.71. The third-order valence-electron chi connectivity index (χ3n) is 4.16. The van der Waals surface area contributed by atoms with Crippen LogP contribution in [0.4, 0.5) is 0 Å². The van der Waals surface area contributed by atoms with Crippen LogP contribution in [0.3, 0.4) is 0 Å². The molecule has 0 aromatic heterocycles.